The molecule has 2 aromatic rings. The number of carbonyl (C=O) groups is 3. The van der Waals surface area contributed by atoms with E-state index in [1.807, 2.05) is 0 Å². The highest BCUT2D eigenvalue weighted by molar-refractivity contribution is 7.89. The number of fused-ring (bicyclic) bond motifs is 1. The van der Waals surface area contributed by atoms with Crippen LogP contribution in [0.1, 0.15) is 44.5 Å². The van der Waals surface area contributed by atoms with Crippen molar-refractivity contribution in [1.29, 1.82) is 10.5 Å². The lowest BCUT2D eigenvalue weighted by Crippen LogP contribution is -2.38. The molecule has 0 aliphatic carbocycles. The maximum atomic E-state index is 13.1. The summed E-state index contributed by atoms with van der Waals surface area (Å²) in [4.78, 5) is 40.9. The Kier molecular flexibility index (Phi) is 9.55. The van der Waals surface area contributed by atoms with E-state index in [-0.39, 0.29) is 16.0 Å². The summed E-state index contributed by atoms with van der Waals surface area (Å²) in [5, 5.41) is 25.4. The predicted octanol–water partition coefficient (Wildman–Crippen LogP) is 1.88. The monoisotopic (exact) mass is 557 g/mol. The molecule has 14 heteroatoms. The first-order chi connectivity index (χ1) is 18.2. The van der Waals surface area contributed by atoms with Gasteiger partial charge in [0.2, 0.25) is 10.0 Å². The number of nitriles is 2. The molecule has 0 saturated heterocycles. The van der Waals surface area contributed by atoms with Crippen molar-refractivity contribution >= 4 is 44.2 Å². The summed E-state index contributed by atoms with van der Waals surface area (Å²) < 4.78 is 26.2. The van der Waals surface area contributed by atoms with Crippen LogP contribution in [0.3, 0.4) is 0 Å². The third-order valence-electron chi connectivity index (χ3n) is 5.83. The maximum Gasteiger partial charge on any atom is 0.321 e. The van der Waals surface area contributed by atoms with Crippen LogP contribution in [-0.4, -0.2) is 68.7 Å². The Balaban J connectivity index is 1.88. The summed E-state index contributed by atoms with van der Waals surface area (Å²) in [5.41, 5.74) is 1.16. The molecule has 4 amide bonds. The Morgan fingerprint density at radius 2 is 1.76 bits per heavy atom. The summed E-state index contributed by atoms with van der Waals surface area (Å²) in [5.74, 6) is -1.20. The fraction of sp³-hybridized carbons (Fsp3) is 0.375. The van der Waals surface area contributed by atoms with Crippen LogP contribution in [0.4, 0.5) is 9.80 Å². The van der Waals surface area contributed by atoms with E-state index in [4.69, 9.17) is 10.5 Å². The number of nitrogens with one attached hydrogen (secondary N) is 3. The van der Waals surface area contributed by atoms with Gasteiger partial charge in [-0.2, -0.15) is 14.8 Å². The van der Waals surface area contributed by atoms with Crippen LogP contribution in [-0.2, 0) is 23.0 Å². The number of imide groups is 1. The Morgan fingerprint density at radius 3 is 2.34 bits per heavy atom. The maximum absolute atomic E-state index is 13.1. The fourth-order valence-corrected chi connectivity index (χ4v) is 6.52. The molecule has 1 aliphatic heterocycles. The topological polar surface area (TPSA) is 175 Å². The van der Waals surface area contributed by atoms with E-state index in [9.17, 15) is 22.8 Å². The normalized spacial score (nSPS) is 13.2. The van der Waals surface area contributed by atoms with Crippen LogP contribution in [0.2, 0.25) is 0 Å². The number of hydrogen-bond acceptors (Lipinski definition) is 9. The molecule has 1 aromatic carbocycles. The van der Waals surface area contributed by atoms with Gasteiger partial charge in [0.05, 0.1) is 22.6 Å². The van der Waals surface area contributed by atoms with Crippen LogP contribution in [0, 0.1) is 22.7 Å². The van der Waals surface area contributed by atoms with Crippen LogP contribution in [0.15, 0.2) is 29.2 Å². The number of hydrogen-bond donors (Lipinski definition) is 3. The first-order valence-corrected chi connectivity index (χ1v) is 14.0. The number of amides is 4. The molecule has 12 nitrogen and oxygen atoms in total. The average molecular weight is 558 g/mol. The third-order valence-corrected chi connectivity index (χ3v) is 8.77. The van der Waals surface area contributed by atoms with E-state index >= 15 is 0 Å². The van der Waals surface area contributed by atoms with Crippen molar-refractivity contribution in [2.45, 2.75) is 31.2 Å². The third kappa shape index (κ3) is 6.35. The van der Waals surface area contributed by atoms with Crippen molar-refractivity contribution in [2.24, 2.45) is 0 Å². The lowest BCUT2D eigenvalue weighted by molar-refractivity contribution is 0.0964. The zero-order valence-electron chi connectivity index (χ0n) is 20.9. The quantitative estimate of drug-likeness (QED) is 0.392. The van der Waals surface area contributed by atoms with Gasteiger partial charge in [0.15, 0.2) is 0 Å². The molecule has 0 bridgehead atoms. The second kappa shape index (κ2) is 12.6. The van der Waals surface area contributed by atoms with E-state index in [1.54, 1.807) is 12.1 Å². The average Bonchev–Trinajstić information content (AvgIpc) is 3.25. The van der Waals surface area contributed by atoms with Crippen LogP contribution < -0.4 is 16.0 Å². The summed E-state index contributed by atoms with van der Waals surface area (Å²) in [6.07, 6.45) is 1.57. The van der Waals surface area contributed by atoms with Gasteiger partial charge in [-0.15, -0.1) is 11.3 Å². The first-order valence-electron chi connectivity index (χ1n) is 11.7. The Labute approximate surface area is 224 Å². The standard InChI is InChI=1S/C24H27N7O5S2/c1-3-11-30-12-8-18-19(15-30)37-23(20(18)22(33)29-24(34)27-2)28-21(32)16-4-6-17(7-5-16)38(35,36)31(13-9-25)14-10-26/h4-7H,3,8,11-15H2,1-2H3,(H,28,32)(H2,27,29,33,34). The molecule has 0 saturated carbocycles. The van der Waals surface area contributed by atoms with Gasteiger partial charge < -0.3 is 10.6 Å². The van der Waals surface area contributed by atoms with E-state index in [0.717, 1.165) is 34.3 Å². The zero-order valence-corrected chi connectivity index (χ0v) is 22.5. The smallest absolute Gasteiger partial charge is 0.321 e. The van der Waals surface area contributed by atoms with Crippen molar-refractivity contribution in [3.63, 3.8) is 0 Å². The number of nitrogens with zero attached hydrogens (tertiary/aromatic N) is 4. The number of thiophene rings is 1. The first kappa shape index (κ1) is 28.7. The van der Waals surface area contributed by atoms with E-state index in [0.29, 0.717) is 18.0 Å². The fourth-order valence-electron chi connectivity index (χ4n) is 4.01. The van der Waals surface area contributed by atoms with Gasteiger partial charge in [0.1, 0.15) is 18.1 Å². The molecule has 1 aliphatic rings. The largest absolute Gasteiger partial charge is 0.341 e. The highest BCUT2D eigenvalue weighted by atomic mass is 32.2. The molecule has 0 radical (unpaired) electrons. The van der Waals surface area contributed by atoms with Gasteiger partial charge in [-0.1, -0.05) is 6.92 Å². The number of benzene rings is 1. The SMILES string of the molecule is CCCN1CCc2c(sc(NC(=O)c3ccc(S(=O)(=O)N(CC#N)CC#N)cc3)c2C(=O)NC(=O)NC)C1. The van der Waals surface area contributed by atoms with Gasteiger partial charge in [-0.25, -0.2) is 13.2 Å². The summed E-state index contributed by atoms with van der Waals surface area (Å²) in [6, 6.07) is 7.80. The second-order valence-corrected chi connectivity index (χ2v) is 11.4. The van der Waals surface area contributed by atoms with Gasteiger partial charge in [0, 0.05) is 30.6 Å². The van der Waals surface area contributed by atoms with Gasteiger partial charge >= 0.3 is 6.03 Å². The minimum atomic E-state index is -4.11. The van der Waals surface area contributed by atoms with Crippen molar-refractivity contribution in [1.82, 2.24) is 19.8 Å². The zero-order chi connectivity index (χ0) is 27.9. The summed E-state index contributed by atoms with van der Waals surface area (Å²) in [7, 11) is -2.72. The summed E-state index contributed by atoms with van der Waals surface area (Å²) in [6.45, 7) is 3.37. The molecular formula is C24H27N7O5S2. The number of carbonyl (C=O) groups excluding carboxylic acids is 3. The van der Waals surface area contributed by atoms with E-state index in [1.165, 1.54) is 42.6 Å². The molecule has 1 aromatic heterocycles. The Bertz CT molecular complexity index is 1390. The van der Waals surface area contributed by atoms with Crippen molar-refractivity contribution in [2.75, 3.05) is 38.5 Å². The van der Waals surface area contributed by atoms with Crippen LogP contribution in [0.25, 0.3) is 0 Å². The van der Waals surface area contributed by atoms with Gasteiger partial charge in [-0.3, -0.25) is 19.8 Å². The highest BCUT2D eigenvalue weighted by Crippen LogP contribution is 2.37. The van der Waals surface area contributed by atoms with Crippen LogP contribution in [0.5, 0.6) is 0 Å². The molecule has 3 N–H and O–H groups in total. The lowest BCUT2D eigenvalue weighted by Gasteiger charge is -2.26. The predicted molar refractivity (Wildman–Crippen MR) is 140 cm³/mol. The van der Waals surface area contributed by atoms with Gasteiger partial charge in [-0.05, 0) is 49.2 Å². The summed E-state index contributed by atoms with van der Waals surface area (Å²) >= 11 is 1.27. The lowest BCUT2D eigenvalue weighted by atomic mass is 10.0. The Hall–Kier alpha value is -3.82. The molecule has 0 spiro atoms. The molecule has 200 valence electrons. The molecular weight excluding hydrogens is 530 g/mol. The number of anilines is 1. The molecule has 0 fully saturated rings. The molecule has 2 heterocycles. The van der Waals surface area contributed by atoms with E-state index < -0.39 is 41.0 Å². The van der Waals surface area contributed by atoms with E-state index in [2.05, 4.69) is 27.8 Å². The second-order valence-electron chi connectivity index (χ2n) is 8.34. The Morgan fingerprint density at radius 1 is 1.11 bits per heavy atom. The minimum absolute atomic E-state index is 0.132. The number of rotatable bonds is 9. The van der Waals surface area contributed by atoms with Crippen molar-refractivity contribution in [3.8, 4) is 12.1 Å². The molecule has 38 heavy (non-hydrogen) atoms. The molecule has 0 atom stereocenters. The number of sulfonamides is 1. The van der Waals surface area contributed by atoms with Crippen LogP contribution >= 0.6 is 11.3 Å². The van der Waals surface area contributed by atoms with Crippen molar-refractivity contribution in [3.05, 3.63) is 45.8 Å². The minimum Gasteiger partial charge on any atom is -0.341 e. The number of urea groups is 1. The molecule has 0 unspecified atom stereocenters. The molecule has 3 rings (SSSR count). The highest BCUT2D eigenvalue weighted by Gasteiger charge is 2.30. The van der Waals surface area contributed by atoms with Crippen molar-refractivity contribution < 1.29 is 22.8 Å². The van der Waals surface area contributed by atoms with Gasteiger partial charge in [0.25, 0.3) is 11.8 Å².